The van der Waals surface area contributed by atoms with Crippen molar-refractivity contribution < 1.29 is 35.1 Å². The fourth-order valence-corrected chi connectivity index (χ4v) is 6.81. The quantitative estimate of drug-likeness (QED) is 0.131. The zero-order valence-electron chi connectivity index (χ0n) is 26.2. The van der Waals surface area contributed by atoms with Gasteiger partial charge in [-0.05, 0) is 83.1 Å². The summed E-state index contributed by atoms with van der Waals surface area (Å²) in [5, 5.41) is 22.4. The highest BCUT2D eigenvalue weighted by atomic mass is 19.4. The Bertz CT molecular complexity index is 2380. The number of nitriles is 2. The first-order chi connectivity index (χ1) is 24.2. The first-order valence-electron chi connectivity index (χ1n) is 15.4. The van der Waals surface area contributed by atoms with E-state index in [0.717, 1.165) is 18.2 Å². The molecule has 0 aromatic heterocycles. The molecule has 4 aromatic rings. The molecule has 13 heteroatoms. The largest absolute Gasteiger partial charge is 0.419 e. The van der Waals surface area contributed by atoms with Gasteiger partial charge in [-0.15, -0.1) is 0 Å². The molecule has 0 radical (unpaired) electrons. The van der Waals surface area contributed by atoms with Gasteiger partial charge in [0.2, 0.25) is 6.19 Å². The van der Waals surface area contributed by atoms with Crippen LogP contribution in [0.15, 0.2) is 94.6 Å². The first kappa shape index (κ1) is 33.4. The van der Waals surface area contributed by atoms with Gasteiger partial charge in [0.15, 0.2) is 0 Å². The number of aliphatic imine (C=N–C) groups is 2. The maximum absolute atomic E-state index is 14.1. The van der Waals surface area contributed by atoms with Crippen LogP contribution in [0.5, 0.6) is 0 Å². The van der Waals surface area contributed by atoms with Crippen molar-refractivity contribution in [1.29, 1.82) is 10.5 Å². The predicted molar refractivity (Wildman–Crippen MR) is 173 cm³/mol. The lowest BCUT2D eigenvalue weighted by atomic mass is 9.89. The van der Waals surface area contributed by atoms with E-state index < -0.39 is 40.7 Å². The minimum Gasteiger partial charge on any atom is -0.367 e. The molecule has 1 N–H and O–H groups in total. The molecule has 2 aliphatic carbocycles. The number of halogens is 8. The molecular weight excluding hydrogens is 678 g/mol. The molecule has 1 heterocycles. The van der Waals surface area contributed by atoms with Crippen LogP contribution in [0.25, 0.3) is 33.5 Å². The molecule has 7 rings (SSSR count). The summed E-state index contributed by atoms with van der Waals surface area (Å²) in [6, 6.07) is 17.3. The van der Waals surface area contributed by atoms with E-state index in [1.807, 2.05) is 13.0 Å². The predicted octanol–water partition coefficient (Wildman–Crippen LogP) is 9.95. The van der Waals surface area contributed by atoms with E-state index in [2.05, 4.69) is 16.4 Å². The van der Waals surface area contributed by atoms with E-state index in [4.69, 9.17) is 4.99 Å². The van der Waals surface area contributed by atoms with Gasteiger partial charge in [0, 0.05) is 23.1 Å². The molecule has 4 aromatic carbocycles. The van der Waals surface area contributed by atoms with Crippen LogP contribution in [0, 0.1) is 34.4 Å². The SMILES string of the molecule is CC12NC3=C(N=C1/C(=C/CCC#N)c1cc(-c4ccc(F)c(C(F)(F)F)c4)ccc12)c1ccc(-c2ccc(F)c(C(F)(F)F)c2)cc1C3=NC#N. The Labute approximate surface area is 285 Å². The van der Waals surface area contributed by atoms with Crippen LogP contribution in [-0.4, -0.2) is 11.4 Å². The van der Waals surface area contributed by atoms with Crippen LogP contribution in [0.3, 0.4) is 0 Å². The lowest BCUT2D eigenvalue weighted by molar-refractivity contribution is -0.140. The number of allylic oxidation sites excluding steroid dienone is 2. The molecule has 1 atom stereocenters. The van der Waals surface area contributed by atoms with Gasteiger partial charge in [-0.1, -0.05) is 42.5 Å². The third-order valence-electron chi connectivity index (χ3n) is 9.16. The lowest BCUT2D eigenvalue weighted by Crippen LogP contribution is -2.46. The molecular formula is C38H21F8N5. The Hall–Kier alpha value is -6.08. The summed E-state index contributed by atoms with van der Waals surface area (Å²) in [7, 11) is 0. The molecule has 0 saturated carbocycles. The van der Waals surface area contributed by atoms with Crippen molar-refractivity contribution in [2.24, 2.45) is 9.98 Å². The molecule has 51 heavy (non-hydrogen) atoms. The topological polar surface area (TPSA) is 84.3 Å². The van der Waals surface area contributed by atoms with Crippen LogP contribution in [0.1, 0.15) is 53.1 Å². The number of hydrogen-bond donors (Lipinski definition) is 1. The second-order valence-corrected chi connectivity index (χ2v) is 12.2. The Morgan fingerprint density at radius 1 is 0.765 bits per heavy atom. The summed E-state index contributed by atoms with van der Waals surface area (Å²) < 4.78 is 109. The minimum absolute atomic E-state index is 0.0896. The third-order valence-corrected chi connectivity index (χ3v) is 9.16. The molecule has 3 aliphatic rings. The number of nitrogens with zero attached hydrogens (tertiary/aromatic N) is 4. The van der Waals surface area contributed by atoms with Crippen LogP contribution in [0.2, 0.25) is 0 Å². The van der Waals surface area contributed by atoms with Gasteiger partial charge < -0.3 is 5.32 Å². The summed E-state index contributed by atoms with van der Waals surface area (Å²) >= 11 is 0. The van der Waals surface area contributed by atoms with Gasteiger partial charge in [-0.2, -0.15) is 41.9 Å². The van der Waals surface area contributed by atoms with Crippen LogP contribution in [-0.2, 0) is 17.9 Å². The van der Waals surface area contributed by atoms with E-state index in [-0.39, 0.29) is 23.3 Å². The minimum atomic E-state index is -4.92. The number of benzene rings is 4. The fraction of sp³-hybridized carbons (Fsp3) is 0.158. The Balaban J connectivity index is 1.35. The molecule has 0 fully saturated rings. The monoisotopic (exact) mass is 699 g/mol. The zero-order chi connectivity index (χ0) is 36.5. The van der Waals surface area contributed by atoms with Crippen molar-refractivity contribution in [1.82, 2.24) is 5.32 Å². The highest BCUT2D eigenvalue weighted by Crippen LogP contribution is 2.50. The number of rotatable bonds is 4. The average molecular weight is 700 g/mol. The van der Waals surface area contributed by atoms with Crippen molar-refractivity contribution in [3.8, 4) is 34.5 Å². The molecule has 5 nitrogen and oxygen atoms in total. The number of alkyl halides is 6. The van der Waals surface area contributed by atoms with Crippen molar-refractivity contribution in [3.05, 3.63) is 130 Å². The van der Waals surface area contributed by atoms with Gasteiger partial charge in [0.05, 0.1) is 34.3 Å². The van der Waals surface area contributed by atoms with E-state index >= 15 is 0 Å². The van der Waals surface area contributed by atoms with Crippen LogP contribution in [0.4, 0.5) is 35.1 Å². The van der Waals surface area contributed by atoms with Crippen molar-refractivity contribution in [2.75, 3.05) is 0 Å². The van der Waals surface area contributed by atoms with Crippen LogP contribution < -0.4 is 5.32 Å². The number of nitrogens with one attached hydrogen (secondary N) is 1. The maximum atomic E-state index is 14.1. The average Bonchev–Trinajstić information content (AvgIpc) is 3.49. The van der Waals surface area contributed by atoms with E-state index in [9.17, 15) is 45.6 Å². The van der Waals surface area contributed by atoms with E-state index in [0.29, 0.717) is 68.5 Å². The number of fused-ring (bicyclic) bond motifs is 5. The molecule has 254 valence electrons. The molecule has 0 spiro atoms. The number of unbranched alkanes of at least 4 members (excludes halogenated alkanes) is 1. The first-order valence-corrected chi connectivity index (χ1v) is 15.4. The molecule has 1 aliphatic heterocycles. The number of hydrogen-bond acceptors (Lipinski definition) is 5. The lowest BCUT2D eigenvalue weighted by Gasteiger charge is -2.33. The van der Waals surface area contributed by atoms with Gasteiger partial charge in [0.1, 0.15) is 22.9 Å². The summed E-state index contributed by atoms with van der Waals surface area (Å²) in [5.74, 6) is -2.81. The molecule has 0 amide bonds. The van der Waals surface area contributed by atoms with E-state index in [1.54, 1.807) is 42.6 Å². The molecule has 0 bridgehead atoms. The highest BCUT2D eigenvalue weighted by Gasteiger charge is 2.49. The highest BCUT2D eigenvalue weighted by molar-refractivity contribution is 6.36. The second kappa shape index (κ2) is 11.8. The molecule has 1 unspecified atom stereocenters. The summed E-state index contributed by atoms with van der Waals surface area (Å²) in [6.07, 6.45) is -5.75. The van der Waals surface area contributed by atoms with Gasteiger partial charge in [0.25, 0.3) is 0 Å². The third kappa shape index (κ3) is 5.46. The Morgan fingerprint density at radius 3 is 1.88 bits per heavy atom. The van der Waals surface area contributed by atoms with Crippen molar-refractivity contribution >= 4 is 22.7 Å². The van der Waals surface area contributed by atoms with Gasteiger partial charge in [-0.3, -0.25) is 0 Å². The summed E-state index contributed by atoms with van der Waals surface area (Å²) in [6.45, 7) is 1.83. The van der Waals surface area contributed by atoms with Gasteiger partial charge in [-0.25, -0.2) is 13.8 Å². The van der Waals surface area contributed by atoms with Crippen molar-refractivity contribution in [2.45, 2.75) is 37.7 Å². The Morgan fingerprint density at radius 2 is 1.31 bits per heavy atom. The maximum Gasteiger partial charge on any atom is 0.419 e. The fourth-order valence-electron chi connectivity index (χ4n) is 6.81. The molecule has 0 saturated heterocycles. The summed E-state index contributed by atoms with van der Waals surface area (Å²) in [5.41, 5.74) is 1.31. The van der Waals surface area contributed by atoms with Crippen LogP contribution >= 0.6 is 0 Å². The standard InChI is InChI=1S/C38H21F8N5/c1-36-27-10-6-20(22-8-12-31(40)29(17-22)38(44,45)46)14-25(27)24(4-2-3-13-47)35(36)50-33-23-9-5-19(15-26(23)32(49-18-48)34(33)51-36)21-7-11-30(39)28(16-21)37(41,42)43/h4-12,14-17,51H,2-3H2,1H3/b24-4+,49-32?. The second-order valence-electron chi connectivity index (χ2n) is 12.2. The Kier molecular flexibility index (Phi) is 7.71. The van der Waals surface area contributed by atoms with Crippen molar-refractivity contribution in [3.63, 3.8) is 0 Å². The smallest absolute Gasteiger partial charge is 0.367 e. The summed E-state index contributed by atoms with van der Waals surface area (Å²) in [4.78, 5) is 9.09. The van der Waals surface area contributed by atoms with Gasteiger partial charge >= 0.3 is 12.4 Å². The zero-order valence-corrected chi connectivity index (χ0v) is 26.2. The van der Waals surface area contributed by atoms with E-state index in [1.165, 1.54) is 12.1 Å². The normalized spacial score (nSPS) is 19.2.